The largest absolute Gasteiger partial charge is 0.480 e. The van der Waals surface area contributed by atoms with Crippen molar-refractivity contribution in [3.63, 3.8) is 0 Å². The summed E-state index contributed by atoms with van der Waals surface area (Å²) < 4.78 is 5.06. The Bertz CT molecular complexity index is 199. The maximum absolute atomic E-state index is 10.8. The number of rotatable bonds is 3. The molecular formula is C7H14BNO4. The third-order valence-electron chi connectivity index (χ3n) is 2.40. The number of carboxylic acids is 1. The summed E-state index contributed by atoms with van der Waals surface area (Å²) in [5, 5.41) is 18.1. The molecule has 0 spiro atoms. The van der Waals surface area contributed by atoms with Crippen LogP contribution in [0.2, 0.25) is 6.82 Å². The molecule has 13 heavy (non-hydrogen) atoms. The molecule has 2 atom stereocenters. The topological polar surface area (TPSA) is 70.0 Å². The Hall–Kier alpha value is -0.585. The molecular weight excluding hydrogens is 173 g/mol. The van der Waals surface area contributed by atoms with Gasteiger partial charge in [-0.1, -0.05) is 0 Å². The van der Waals surface area contributed by atoms with Crippen LogP contribution in [-0.2, 0) is 9.53 Å². The first-order chi connectivity index (χ1) is 6.06. The molecule has 2 N–H and O–H groups in total. The smallest absolute Gasteiger partial charge is 0.377 e. The van der Waals surface area contributed by atoms with Gasteiger partial charge in [-0.15, -0.1) is 0 Å². The second-order valence-electron chi connectivity index (χ2n) is 3.28. The summed E-state index contributed by atoms with van der Waals surface area (Å²) in [7, 11) is 0.816. The second kappa shape index (κ2) is 4.08. The van der Waals surface area contributed by atoms with Crippen molar-refractivity contribution in [3.05, 3.63) is 0 Å². The van der Waals surface area contributed by atoms with E-state index in [1.165, 1.54) is 4.81 Å². The molecule has 0 aromatic rings. The summed E-state index contributed by atoms with van der Waals surface area (Å²) in [5.74, 6) is -0.902. The SMILES string of the molecule is CO[C@@H]1C[C@H](C(=O)O)N(B(C)O)C1. The first-order valence-electron chi connectivity index (χ1n) is 4.25. The maximum Gasteiger partial charge on any atom is 0.377 e. The van der Waals surface area contributed by atoms with Gasteiger partial charge >= 0.3 is 13.0 Å². The summed E-state index contributed by atoms with van der Waals surface area (Å²) in [6.45, 7) is 2.04. The molecule has 0 saturated carbocycles. The third kappa shape index (κ3) is 2.21. The lowest BCUT2D eigenvalue weighted by Crippen LogP contribution is -2.44. The van der Waals surface area contributed by atoms with Crippen LogP contribution < -0.4 is 0 Å². The lowest BCUT2D eigenvalue weighted by atomic mass is 9.84. The fraction of sp³-hybridized carbons (Fsp3) is 0.857. The monoisotopic (exact) mass is 187 g/mol. The Morgan fingerprint density at radius 2 is 2.31 bits per heavy atom. The molecule has 0 aromatic carbocycles. The molecule has 1 heterocycles. The van der Waals surface area contributed by atoms with Crippen LogP contribution in [-0.4, -0.2) is 53.8 Å². The number of hydrogen-bond acceptors (Lipinski definition) is 4. The van der Waals surface area contributed by atoms with E-state index in [2.05, 4.69) is 0 Å². The van der Waals surface area contributed by atoms with Crippen molar-refractivity contribution in [1.29, 1.82) is 0 Å². The first kappa shape index (κ1) is 10.5. The van der Waals surface area contributed by atoms with Gasteiger partial charge in [0.2, 0.25) is 0 Å². The van der Waals surface area contributed by atoms with Crippen molar-refractivity contribution in [3.8, 4) is 0 Å². The lowest BCUT2D eigenvalue weighted by Gasteiger charge is -2.20. The molecule has 0 unspecified atom stereocenters. The first-order valence-corrected chi connectivity index (χ1v) is 4.25. The molecule has 0 radical (unpaired) electrons. The predicted molar refractivity (Wildman–Crippen MR) is 47.4 cm³/mol. The van der Waals surface area contributed by atoms with E-state index in [9.17, 15) is 9.82 Å². The summed E-state index contributed by atoms with van der Waals surface area (Å²) in [4.78, 5) is 12.3. The van der Waals surface area contributed by atoms with Crippen molar-refractivity contribution in [2.45, 2.75) is 25.4 Å². The van der Waals surface area contributed by atoms with Gasteiger partial charge in [0.15, 0.2) is 0 Å². The highest BCUT2D eigenvalue weighted by molar-refractivity contribution is 6.45. The van der Waals surface area contributed by atoms with Crippen LogP contribution >= 0.6 is 0 Å². The number of hydrogen-bond donors (Lipinski definition) is 2. The molecule has 6 heteroatoms. The van der Waals surface area contributed by atoms with Crippen molar-refractivity contribution < 1.29 is 19.7 Å². The fourth-order valence-electron chi connectivity index (χ4n) is 1.65. The standard InChI is InChI=1S/C7H14BNO4/c1-8(12)9-4-5(13-2)3-6(9)7(10)11/h5-6,12H,3-4H2,1-2H3,(H,10,11)/t5-,6-/m1/s1. The molecule has 5 nitrogen and oxygen atoms in total. The van der Waals surface area contributed by atoms with Crippen LogP contribution in [0.15, 0.2) is 0 Å². The molecule has 74 valence electrons. The summed E-state index contributed by atoms with van der Waals surface area (Å²) in [6.07, 6.45) is 0.354. The van der Waals surface area contributed by atoms with Crippen LogP contribution in [0, 0.1) is 0 Å². The molecule has 1 saturated heterocycles. The van der Waals surface area contributed by atoms with Gasteiger partial charge in [0.05, 0.1) is 6.10 Å². The normalized spacial score (nSPS) is 29.2. The number of methoxy groups -OCH3 is 1. The lowest BCUT2D eigenvalue weighted by molar-refractivity contribution is -0.141. The maximum atomic E-state index is 10.8. The molecule has 0 bridgehead atoms. The Labute approximate surface area is 77.4 Å². The molecule has 1 aliphatic rings. The summed E-state index contributed by atoms with van der Waals surface area (Å²) in [5.41, 5.74) is 0. The van der Waals surface area contributed by atoms with Gasteiger partial charge in [0, 0.05) is 20.1 Å². The minimum atomic E-state index is -0.902. The fourth-order valence-corrected chi connectivity index (χ4v) is 1.65. The number of carbonyl (C=O) groups is 1. The van der Waals surface area contributed by atoms with Gasteiger partial charge < -0.3 is 19.7 Å². The number of ether oxygens (including phenoxy) is 1. The zero-order valence-corrected chi connectivity index (χ0v) is 7.80. The van der Waals surface area contributed by atoms with Crippen molar-refractivity contribution in [1.82, 2.24) is 4.81 Å². The van der Waals surface area contributed by atoms with Crippen molar-refractivity contribution in [2.24, 2.45) is 0 Å². The average molecular weight is 187 g/mol. The quantitative estimate of drug-likeness (QED) is 0.570. The number of carboxylic acid groups (broad SMARTS) is 1. The Morgan fingerprint density at radius 1 is 1.69 bits per heavy atom. The van der Waals surface area contributed by atoms with Gasteiger partial charge in [0.1, 0.15) is 6.04 Å². The van der Waals surface area contributed by atoms with Crippen molar-refractivity contribution >= 4 is 13.0 Å². The molecule has 0 aromatic heterocycles. The average Bonchev–Trinajstić information content (AvgIpc) is 2.47. The second-order valence-corrected chi connectivity index (χ2v) is 3.28. The Balaban J connectivity index is 2.65. The van der Waals surface area contributed by atoms with E-state index in [0.29, 0.717) is 13.0 Å². The Kier molecular flexibility index (Phi) is 3.30. The van der Waals surface area contributed by atoms with Gasteiger partial charge in [-0.3, -0.25) is 4.79 Å². The van der Waals surface area contributed by atoms with Crippen LogP contribution in [0.1, 0.15) is 6.42 Å². The third-order valence-corrected chi connectivity index (χ3v) is 2.40. The van der Waals surface area contributed by atoms with E-state index in [0.717, 1.165) is 0 Å². The van der Waals surface area contributed by atoms with E-state index >= 15 is 0 Å². The zero-order valence-electron chi connectivity index (χ0n) is 7.80. The van der Waals surface area contributed by atoms with Crippen molar-refractivity contribution in [2.75, 3.05) is 13.7 Å². The molecule has 1 aliphatic heterocycles. The van der Waals surface area contributed by atoms with E-state index in [4.69, 9.17) is 9.84 Å². The van der Waals surface area contributed by atoms with Gasteiger partial charge in [-0.2, -0.15) is 0 Å². The molecule has 1 fully saturated rings. The number of nitrogens with zero attached hydrogens (tertiary/aromatic N) is 1. The van der Waals surface area contributed by atoms with E-state index in [1.54, 1.807) is 13.9 Å². The van der Waals surface area contributed by atoms with Gasteiger partial charge in [0.25, 0.3) is 0 Å². The van der Waals surface area contributed by atoms with Crippen LogP contribution in [0.5, 0.6) is 0 Å². The van der Waals surface area contributed by atoms with E-state index < -0.39 is 19.1 Å². The highest BCUT2D eigenvalue weighted by Gasteiger charge is 2.40. The van der Waals surface area contributed by atoms with Gasteiger partial charge in [-0.05, 0) is 6.82 Å². The minimum absolute atomic E-state index is 0.0873. The molecule has 1 rings (SSSR count). The zero-order chi connectivity index (χ0) is 10.0. The summed E-state index contributed by atoms with van der Waals surface area (Å²) in [6, 6.07) is -0.620. The predicted octanol–water partition coefficient (Wildman–Crippen LogP) is -0.729. The van der Waals surface area contributed by atoms with Gasteiger partial charge in [-0.25, -0.2) is 0 Å². The summed E-state index contributed by atoms with van der Waals surface area (Å²) >= 11 is 0. The minimum Gasteiger partial charge on any atom is -0.480 e. The number of aliphatic carboxylic acids is 1. The molecule has 0 amide bonds. The highest BCUT2D eigenvalue weighted by atomic mass is 16.5. The van der Waals surface area contributed by atoms with Crippen LogP contribution in [0.3, 0.4) is 0 Å². The molecule has 0 aliphatic carbocycles. The highest BCUT2D eigenvalue weighted by Crippen LogP contribution is 2.20. The van der Waals surface area contributed by atoms with E-state index in [-0.39, 0.29) is 6.10 Å². The van der Waals surface area contributed by atoms with Crippen LogP contribution in [0.25, 0.3) is 0 Å². The van der Waals surface area contributed by atoms with E-state index in [1.807, 2.05) is 0 Å². The Morgan fingerprint density at radius 3 is 2.62 bits per heavy atom. The van der Waals surface area contributed by atoms with Crippen LogP contribution in [0.4, 0.5) is 0 Å².